The van der Waals surface area contributed by atoms with E-state index in [4.69, 9.17) is 5.11 Å². The Hall–Kier alpha value is -2.10. The molecule has 0 aliphatic carbocycles. The molecule has 1 aliphatic heterocycles. The molecule has 0 aromatic heterocycles. The van der Waals surface area contributed by atoms with Crippen molar-refractivity contribution in [3.63, 3.8) is 0 Å². The maximum atomic E-state index is 12.3. The molecule has 4 nitrogen and oxygen atoms in total. The normalized spacial score (nSPS) is 18.1. The van der Waals surface area contributed by atoms with Gasteiger partial charge in [-0.3, -0.25) is 9.59 Å². The van der Waals surface area contributed by atoms with Gasteiger partial charge in [-0.1, -0.05) is 57.4 Å². The predicted molar refractivity (Wildman–Crippen MR) is 115 cm³/mol. The van der Waals surface area contributed by atoms with Gasteiger partial charge in [0, 0.05) is 25.1 Å². The minimum atomic E-state index is -0.756. The summed E-state index contributed by atoms with van der Waals surface area (Å²) in [7, 11) is 0. The summed E-state index contributed by atoms with van der Waals surface area (Å²) in [5.74, 6) is 0.117. The lowest BCUT2D eigenvalue weighted by Gasteiger charge is -2.25. The van der Waals surface area contributed by atoms with Gasteiger partial charge in [-0.2, -0.15) is 0 Å². The molecule has 0 bridgehead atoms. The summed E-state index contributed by atoms with van der Waals surface area (Å²) in [6.07, 6.45) is 12.0. The van der Waals surface area contributed by atoms with Gasteiger partial charge in [-0.05, 0) is 49.3 Å². The molecule has 1 N–H and O–H groups in total. The number of hydrogen-bond acceptors (Lipinski definition) is 3. The number of rotatable bonds is 12. The van der Waals surface area contributed by atoms with E-state index in [9.17, 15) is 9.59 Å². The fourth-order valence-corrected chi connectivity index (χ4v) is 3.87. The summed E-state index contributed by atoms with van der Waals surface area (Å²) in [5.41, 5.74) is 2.50. The highest BCUT2D eigenvalue weighted by Crippen LogP contribution is 2.29. The van der Waals surface area contributed by atoms with Crippen LogP contribution < -0.4 is 4.90 Å². The van der Waals surface area contributed by atoms with Crippen molar-refractivity contribution >= 4 is 17.4 Å². The summed E-state index contributed by atoms with van der Waals surface area (Å²) in [5, 5.41) is 8.67. The van der Waals surface area contributed by atoms with E-state index in [1.807, 2.05) is 12.2 Å². The number of benzene rings is 1. The van der Waals surface area contributed by atoms with Crippen LogP contribution in [0.1, 0.15) is 83.1 Å². The van der Waals surface area contributed by atoms with E-state index in [2.05, 4.69) is 43.0 Å². The number of carboxylic acids is 1. The molecule has 1 aromatic rings. The smallest absolute Gasteiger partial charge is 0.303 e. The zero-order valence-corrected chi connectivity index (χ0v) is 17.4. The monoisotopic (exact) mass is 385 g/mol. The Balaban J connectivity index is 1.90. The first-order valence-corrected chi connectivity index (χ1v) is 10.8. The van der Waals surface area contributed by atoms with Crippen LogP contribution in [0.25, 0.3) is 0 Å². The zero-order chi connectivity index (χ0) is 20.4. The number of nitrogens with zero attached hydrogens (tertiary/aromatic N) is 1. The van der Waals surface area contributed by atoms with Gasteiger partial charge in [0.1, 0.15) is 0 Å². The van der Waals surface area contributed by atoms with Crippen LogP contribution in [0.3, 0.4) is 0 Å². The van der Waals surface area contributed by atoms with Crippen LogP contribution in [-0.2, 0) is 9.59 Å². The van der Waals surface area contributed by atoms with Crippen LogP contribution in [0.5, 0.6) is 0 Å². The summed E-state index contributed by atoms with van der Waals surface area (Å²) < 4.78 is 0. The Kier molecular flexibility index (Phi) is 9.26. The molecule has 1 unspecified atom stereocenters. The molecule has 0 radical (unpaired) electrons. The van der Waals surface area contributed by atoms with E-state index in [-0.39, 0.29) is 12.5 Å². The van der Waals surface area contributed by atoms with Crippen molar-refractivity contribution in [2.24, 2.45) is 0 Å². The lowest BCUT2D eigenvalue weighted by Crippen LogP contribution is -2.32. The van der Waals surface area contributed by atoms with Gasteiger partial charge in [-0.15, -0.1) is 0 Å². The van der Waals surface area contributed by atoms with Gasteiger partial charge in [0.05, 0.1) is 6.04 Å². The SMILES string of the molecule is CCCCCC(C)c1ccc(N2CCC(=O)[C@@H]2C/C=C\CCCC(=O)O)cc1. The number of ketones is 1. The molecular weight excluding hydrogens is 350 g/mol. The minimum absolute atomic E-state index is 0.0939. The number of carbonyl (C=O) groups excluding carboxylic acids is 1. The summed E-state index contributed by atoms with van der Waals surface area (Å²) in [6.45, 7) is 5.31. The Morgan fingerprint density at radius 3 is 2.64 bits per heavy atom. The van der Waals surface area contributed by atoms with Crippen LogP contribution in [-0.4, -0.2) is 29.4 Å². The second kappa shape index (κ2) is 11.7. The molecule has 4 heteroatoms. The van der Waals surface area contributed by atoms with E-state index >= 15 is 0 Å². The average molecular weight is 386 g/mol. The van der Waals surface area contributed by atoms with Crippen molar-refractivity contribution in [3.05, 3.63) is 42.0 Å². The number of carboxylic acid groups (broad SMARTS) is 1. The number of aliphatic carboxylic acids is 1. The van der Waals surface area contributed by atoms with Crippen molar-refractivity contribution in [2.45, 2.75) is 83.6 Å². The van der Waals surface area contributed by atoms with Crippen LogP contribution in [0.4, 0.5) is 5.69 Å². The van der Waals surface area contributed by atoms with E-state index in [1.165, 1.54) is 31.2 Å². The third kappa shape index (κ3) is 6.81. The summed E-state index contributed by atoms with van der Waals surface area (Å²) >= 11 is 0. The molecule has 1 heterocycles. The molecule has 1 aromatic carbocycles. The van der Waals surface area contributed by atoms with Crippen molar-refractivity contribution in [2.75, 3.05) is 11.4 Å². The maximum Gasteiger partial charge on any atom is 0.303 e. The molecule has 2 rings (SSSR count). The van der Waals surface area contributed by atoms with E-state index in [0.29, 0.717) is 31.0 Å². The number of allylic oxidation sites excluding steroid dienone is 1. The van der Waals surface area contributed by atoms with Crippen LogP contribution >= 0.6 is 0 Å². The molecule has 154 valence electrons. The topological polar surface area (TPSA) is 57.6 Å². The standard InChI is InChI=1S/C24H35NO3/c1-3-4-7-10-19(2)20-13-15-21(16-14-20)25-18-17-23(26)22(25)11-8-5-6-9-12-24(27)28/h5,8,13-16,19,22H,3-4,6-7,9-12,17-18H2,1-2H3,(H,27,28)/b8-5-/t19?,22-/m0/s1. The van der Waals surface area contributed by atoms with Gasteiger partial charge in [0.2, 0.25) is 0 Å². The Bertz CT molecular complexity index is 650. The quantitative estimate of drug-likeness (QED) is 0.369. The van der Waals surface area contributed by atoms with Gasteiger partial charge in [-0.25, -0.2) is 0 Å². The molecule has 0 saturated carbocycles. The Morgan fingerprint density at radius 2 is 1.96 bits per heavy atom. The van der Waals surface area contributed by atoms with E-state index in [0.717, 1.165) is 18.7 Å². The van der Waals surface area contributed by atoms with Crippen LogP contribution in [0, 0.1) is 0 Å². The van der Waals surface area contributed by atoms with Crippen molar-refractivity contribution in [1.82, 2.24) is 0 Å². The molecule has 0 spiro atoms. The number of carbonyl (C=O) groups is 2. The molecular formula is C24H35NO3. The largest absolute Gasteiger partial charge is 0.481 e. The first kappa shape index (κ1) is 22.2. The highest BCUT2D eigenvalue weighted by Gasteiger charge is 2.31. The van der Waals surface area contributed by atoms with Gasteiger partial charge >= 0.3 is 5.97 Å². The highest BCUT2D eigenvalue weighted by molar-refractivity contribution is 5.91. The Morgan fingerprint density at radius 1 is 1.21 bits per heavy atom. The summed E-state index contributed by atoms with van der Waals surface area (Å²) in [4.78, 5) is 25.1. The molecule has 1 aliphatic rings. The fraction of sp³-hybridized carbons (Fsp3) is 0.583. The number of anilines is 1. The van der Waals surface area contributed by atoms with Crippen LogP contribution in [0.15, 0.2) is 36.4 Å². The second-order valence-electron chi connectivity index (χ2n) is 7.91. The first-order valence-electron chi connectivity index (χ1n) is 10.8. The molecule has 2 atom stereocenters. The highest BCUT2D eigenvalue weighted by atomic mass is 16.4. The average Bonchev–Trinajstić information content (AvgIpc) is 3.05. The molecule has 1 saturated heterocycles. The van der Waals surface area contributed by atoms with Crippen LogP contribution in [0.2, 0.25) is 0 Å². The Labute approximate surface area is 169 Å². The lowest BCUT2D eigenvalue weighted by atomic mass is 9.95. The lowest BCUT2D eigenvalue weighted by molar-refractivity contribution is -0.137. The fourth-order valence-electron chi connectivity index (χ4n) is 3.87. The third-order valence-electron chi connectivity index (χ3n) is 5.67. The minimum Gasteiger partial charge on any atom is -0.481 e. The van der Waals surface area contributed by atoms with E-state index in [1.54, 1.807) is 0 Å². The maximum absolute atomic E-state index is 12.3. The zero-order valence-electron chi connectivity index (χ0n) is 17.4. The molecule has 0 amide bonds. The van der Waals surface area contributed by atoms with Gasteiger partial charge in [0.15, 0.2) is 5.78 Å². The van der Waals surface area contributed by atoms with Gasteiger partial charge < -0.3 is 10.0 Å². The second-order valence-corrected chi connectivity index (χ2v) is 7.91. The molecule has 28 heavy (non-hydrogen) atoms. The predicted octanol–water partition coefficient (Wildman–Crippen LogP) is 5.72. The van der Waals surface area contributed by atoms with Crippen molar-refractivity contribution in [3.8, 4) is 0 Å². The van der Waals surface area contributed by atoms with Crippen molar-refractivity contribution in [1.29, 1.82) is 0 Å². The number of unbranched alkanes of at least 4 members (excludes halogenated alkanes) is 3. The number of hydrogen-bond donors (Lipinski definition) is 1. The first-order chi connectivity index (χ1) is 13.5. The summed E-state index contributed by atoms with van der Waals surface area (Å²) in [6, 6.07) is 8.66. The molecule has 1 fully saturated rings. The third-order valence-corrected chi connectivity index (χ3v) is 5.67. The van der Waals surface area contributed by atoms with Crippen molar-refractivity contribution < 1.29 is 14.7 Å². The number of Topliss-reactive ketones (excluding diaryl/α,β-unsaturated/α-hetero) is 1. The van der Waals surface area contributed by atoms with E-state index < -0.39 is 5.97 Å². The van der Waals surface area contributed by atoms with Gasteiger partial charge in [0.25, 0.3) is 0 Å².